The van der Waals surface area contributed by atoms with Gasteiger partial charge in [-0.05, 0) is 80.3 Å². The number of hydrogen-bond donors (Lipinski definition) is 0. The van der Waals surface area contributed by atoms with Crippen LogP contribution >= 0.6 is 45.3 Å². The summed E-state index contributed by atoms with van der Waals surface area (Å²) in [5, 5.41) is 9.65. The van der Waals surface area contributed by atoms with Gasteiger partial charge in [0.1, 0.15) is 11.5 Å². The lowest BCUT2D eigenvalue weighted by atomic mass is 9.98. The quantitative estimate of drug-likeness (QED) is 0.0424. The molecule has 0 saturated heterocycles. The predicted molar refractivity (Wildman–Crippen MR) is 257 cm³/mol. The van der Waals surface area contributed by atoms with Gasteiger partial charge in [-0.1, -0.05) is 128 Å². The molecule has 0 fully saturated rings. The van der Waals surface area contributed by atoms with E-state index in [1.54, 1.807) is 0 Å². The molecule has 306 valence electrons. The van der Waals surface area contributed by atoms with Crippen LogP contribution in [-0.2, 0) is 0 Å². The van der Waals surface area contributed by atoms with E-state index in [0.29, 0.717) is 0 Å². The van der Waals surface area contributed by atoms with Crippen molar-refractivity contribution in [3.63, 3.8) is 0 Å². The molecule has 0 N–H and O–H groups in total. The van der Waals surface area contributed by atoms with Gasteiger partial charge in [-0.3, -0.25) is 0 Å². The topological polar surface area (TPSA) is 27.7 Å². The number of hydrogen-bond acceptors (Lipinski definition) is 7. The summed E-state index contributed by atoms with van der Waals surface area (Å²) in [5.74, 6) is 2.03. The van der Waals surface area contributed by atoms with Gasteiger partial charge in [-0.15, -0.1) is 34.0 Å². The predicted octanol–water partition coefficient (Wildman–Crippen LogP) is 18.2. The van der Waals surface area contributed by atoms with Crippen molar-refractivity contribution in [1.82, 2.24) is 0 Å². The summed E-state index contributed by atoms with van der Waals surface area (Å²) in [6.07, 6.45) is 22.6. The summed E-state index contributed by atoms with van der Waals surface area (Å²) >= 11 is 7.52. The number of unbranched alkanes of at least 4 members (excludes halogenated alkanes) is 15. The fourth-order valence-electron chi connectivity index (χ4n) is 8.25. The van der Waals surface area contributed by atoms with Gasteiger partial charge >= 0.3 is 0 Å². The Morgan fingerprint density at radius 3 is 1.46 bits per heavy atom. The minimum absolute atomic E-state index is 0.733. The maximum atomic E-state index is 6.94. The lowest BCUT2D eigenvalue weighted by molar-refractivity contribution is 0.306. The number of rotatable bonds is 25. The van der Waals surface area contributed by atoms with Crippen molar-refractivity contribution in [2.75, 3.05) is 19.8 Å². The van der Waals surface area contributed by atoms with Crippen LogP contribution in [0, 0.1) is 13.8 Å². The molecule has 0 aliphatic rings. The molecule has 3 nitrogen and oxygen atoms in total. The molecule has 0 amide bonds. The molecule has 7 rings (SSSR count). The monoisotopic (exact) mass is 840 g/mol. The van der Waals surface area contributed by atoms with E-state index < -0.39 is 0 Å². The molecule has 0 bridgehead atoms. The largest absolute Gasteiger partial charge is 0.492 e. The second kappa shape index (κ2) is 20.9. The molecule has 7 heteroatoms. The van der Waals surface area contributed by atoms with Crippen LogP contribution in [0.15, 0.2) is 42.5 Å². The van der Waals surface area contributed by atoms with Crippen LogP contribution in [0.3, 0.4) is 0 Å². The van der Waals surface area contributed by atoms with Crippen LogP contribution in [-0.4, -0.2) is 19.8 Å². The Morgan fingerprint density at radius 1 is 0.421 bits per heavy atom. The molecule has 0 aliphatic heterocycles. The van der Waals surface area contributed by atoms with Gasteiger partial charge in [0.15, 0.2) is 5.06 Å². The third kappa shape index (κ3) is 10.3. The first-order chi connectivity index (χ1) is 28.0. The molecular formula is C50H64O3S4. The minimum Gasteiger partial charge on any atom is -0.492 e. The molecule has 0 saturated carbocycles. The molecule has 4 heterocycles. The zero-order valence-corrected chi connectivity index (χ0v) is 38.5. The van der Waals surface area contributed by atoms with Gasteiger partial charge in [0.2, 0.25) is 0 Å². The first-order valence-electron chi connectivity index (χ1n) is 22.3. The van der Waals surface area contributed by atoms with Crippen LogP contribution in [0.25, 0.3) is 61.6 Å². The Hall–Kier alpha value is -2.84. The zero-order chi connectivity index (χ0) is 39.6. The molecule has 0 aliphatic carbocycles. The first-order valence-corrected chi connectivity index (χ1v) is 25.5. The minimum atomic E-state index is 0.733. The molecule has 0 unspecified atom stereocenters. The van der Waals surface area contributed by atoms with E-state index >= 15 is 0 Å². The lowest BCUT2D eigenvalue weighted by Gasteiger charge is -2.19. The van der Waals surface area contributed by atoms with E-state index in [1.807, 2.05) is 45.3 Å². The van der Waals surface area contributed by atoms with Crippen LogP contribution in [0.5, 0.6) is 16.6 Å². The van der Waals surface area contributed by atoms with Crippen molar-refractivity contribution >= 4 is 97.2 Å². The van der Waals surface area contributed by atoms with E-state index in [1.165, 1.54) is 168 Å². The van der Waals surface area contributed by atoms with Crippen molar-refractivity contribution in [2.45, 2.75) is 150 Å². The number of fused-ring (bicyclic) bond motifs is 5. The average Bonchev–Trinajstić information content (AvgIpc) is 3.98. The Morgan fingerprint density at radius 2 is 0.895 bits per heavy atom. The van der Waals surface area contributed by atoms with Gasteiger partial charge in [-0.2, -0.15) is 0 Å². The standard InChI is InChI=1S/C50H64O3S4/c1-6-9-12-15-18-21-24-51-46-33-42-49(57-46)35(5)55-50(42)45-30-37-29-39-41(32-44(37)56-45)47(52-25-22-19-16-13-10-7-2)38-28-36-27-34(4)54-43(36)31-40(38)48(39)53-26-23-20-17-14-11-8-3/h27-33H,6-26H2,1-5H3. The summed E-state index contributed by atoms with van der Waals surface area (Å²) in [4.78, 5) is 5.40. The molecule has 57 heavy (non-hydrogen) atoms. The van der Waals surface area contributed by atoms with Crippen LogP contribution in [0.2, 0.25) is 0 Å². The van der Waals surface area contributed by atoms with Gasteiger partial charge in [0.25, 0.3) is 0 Å². The highest BCUT2D eigenvalue weighted by atomic mass is 32.1. The molecule has 0 spiro atoms. The van der Waals surface area contributed by atoms with E-state index in [9.17, 15) is 0 Å². The van der Waals surface area contributed by atoms with E-state index in [0.717, 1.165) is 55.6 Å². The van der Waals surface area contributed by atoms with Crippen LogP contribution in [0.1, 0.15) is 146 Å². The maximum absolute atomic E-state index is 6.94. The third-order valence-corrected chi connectivity index (χ3v) is 16.1. The smallest absolute Gasteiger partial charge is 0.175 e. The fourth-order valence-corrected chi connectivity index (χ4v) is 12.7. The van der Waals surface area contributed by atoms with Crippen LogP contribution < -0.4 is 14.2 Å². The van der Waals surface area contributed by atoms with Gasteiger partial charge in [-0.25, -0.2) is 0 Å². The summed E-state index contributed by atoms with van der Waals surface area (Å²) in [6, 6.07) is 16.6. The number of ether oxygens (including phenoxy) is 3. The van der Waals surface area contributed by atoms with E-state index in [2.05, 4.69) is 77.1 Å². The maximum Gasteiger partial charge on any atom is 0.175 e. The second-order valence-electron chi connectivity index (χ2n) is 16.1. The van der Waals surface area contributed by atoms with Crippen molar-refractivity contribution in [1.29, 1.82) is 0 Å². The first kappa shape index (κ1) is 42.3. The van der Waals surface area contributed by atoms with Crippen molar-refractivity contribution in [3.05, 3.63) is 52.2 Å². The summed E-state index contributed by atoms with van der Waals surface area (Å²) < 4.78 is 24.2. The number of benzene rings is 3. The zero-order valence-electron chi connectivity index (χ0n) is 35.2. The normalized spacial score (nSPS) is 12.0. The molecular weight excluding hydrogens is 777 g/mol. The second-order valence-corrected chi connectivity index (χ2v) is 20.8. The fraction of sp³-hybridized carbons (Fsp3) is 0.520. The van der Waals surface area contributed by atoms with E-state index in [4.69, 9.17) is 14.2 Å². The molecule has 4 aromatic heterocycles. The molecule has 0 radical (unpaired) electrons. The highest BCUT2D eigenvalue weighted by Crippen LogP contribution is 2.51. The Labute approximate surface area is 357 Å². The third-order valence-electron chi connectivity index (χ3n) is 11.4. The Kier molecular flexibility index (Phi) is 15.5. The number of thiophene rings is 4. The number of aryl methyl sites for hydroxylation is 2. The summed E-state index contributed by atoms with van der Waals surface area (Å²) in [7, 11) is 0. The SMILES string of the molecule is CCCCCCCCOc1cc2c(-c3cc4cc5c(OCCCCCCCC)c6cc7sc(C)cc7cc6c(OCCCCCCCC)c5cc4s3)sc(C)c2s1. The summed E-state index contributed by atoms with van der Waals surface area (Å²) in [5.41, 5.74) is 0. The van der Waals surface area contributed by atoms with Gasteiger partial charge in [0, 0.05) is 57.0 Å². The average molecular weight is 841 g/mol. The van der Waals surface area contributed by atoms with Gasteiger partial charge in [0.05, 0.1) is 29.4 Å². The van der Waals surface area contributed by atoms with Crippen molar-refractivity contribution in [2.24, 2.45) is 0 Å². The Bertz CT molecular complexity index is 2240. The van der Waals surface area contributed by atoms with Crippen molar-refractivity contribution in [3.8, 4) is 26.3 Å². The molecule has 7 aromatic rings. The van der Waals surface area contributed by atoms with E-state index in [-0.39, 0.29) is 0 Å². The van der Waals surface area contributed by atoms with Crippen molar-refractivity contribution < 1.29 is 14.2 Å². The van der Waals surface area contributed by atoms with Crippen LogP contribution in [0.4, 0.5) is 0 Å². The highest BCUT2D eigenvalue weighted by Gasteiger charge is 2.22. The Balaban J connectivity index is 1.25. The molecule has 3 aromatic carbocycles. The molecule has 0 atom stereocenters. The van der Waals surface area contributed by atoms with Gasteiger partial charge < -0.3 is 14.2 Å². The highest BCUT2D eigenvalue weighted by molar-refractivity contribution is 7.30. The summed E-state index contributed by atoms with van der Waals surface area (Å²) in [6.45, 7) is 13.6. The lowest BCUT2D eigenvalue weighted by Crippen LogP contribution is -2.02.